The van der Waals surface area contributed by atoms with Crippen molar-refractivity contribution in [3.8, 4) is 11.1 Å². The highest BCUT2D eigenvalue weighted by molar-refractivity contribution is 7.92. The first-order valence-electron chi connectivity index (χ1n) is 11.4. The molecule has 0 aliphatic carbocycles. The minimum absolute atomic E-state index is 0.0832. The van der Waals surface area contributed by atoms with Gasteiger partial charge in [0.05, 0.1) is 9.79 Å². The molecule has 0 saturated carbocycles. The molecule has 3 aromatic carbocycles. The summed E-state index contributed by atoms with van der Waals surface area (Å²) >= 11 is 5.94. The van der Waals surface area contributed by atoms with E-state index in [1.165, 1.54) is 12.1 Å². The Balaban J connectivity index is 1.40. The van der Waals surface area contributed by atoms with Crippen LogP contribution in [0.3, 0.4) is 0 Å². The maximum absolute atomic E-state index is 12.7. The molecule has 2 heterocycles. The minimum Gasteiger partial charge on any atom is -0.369 e. The number of aromatic nitrogens is 2. The lowest BCUT2D eigenvalue weighted by Gasteiger charge is -2.14. The fourth-order valence-corrected chi connectivity index (χ4v) is 6.01. The topological polar surface area (TPSA) is 125 Å². The van der Waals surface area contributed by atoms with Crippen molar-refractivity contribution in [2.75, 3.05) is 28.4 Å². The lowest BCUT2D eigenvalue weighted by atomic mass is 10.1. The van der Waals surface area contributed by atoms with E-state index in [4.69, 9.17) is 11.6 Å². The fraction of sp³-hybridized carbons (Fsp3) is 0.120. The summed E-state index contributed by atoms with van der Waals surface area (Å²) in [5.41, 5.74) is 2.71. The number of anilines is 4. The molecular formula is C25H23ClN6O3S2. The minimum atomic E-state index is -3.78. The Labute approximate surface area is 222 Å². The van der Waals surface area contributed by atoms with Crippen molar-refractivity contribution < 1.29 is 12.6 Å². The Morgan fingerprint density at radius 3 is 2.59 bits per heavy atom. The Morgan fingerprint density at radius 2 is 1.78 bits per heavy atom. The molecule has 12 heteroatoms. The summed E-state index contributed by atoms with van der Waals surface area (Å²) in [6.07, 6.45) is 2.44. The number of fused-ring (bicyclic) bond motifs is 4. The number of sulfonamides is 1. The monoisotopic (exact) mass is 554 g/mol. The van der Waals surface area contributed by atoms with Gasteiger partial charge >= 0.3 is 0 Å². The van der Waals surface area contributed by atoms with E-state index in [2.05, 4.69) is 30.0 Å². The van der Waals surface area contributed by atoms with Crippen molar-refractivity contribution in [3.63, 3.8) is 0 Å². The molecule has 4 N–H and O–H groups in total. The largest absolute Gasteiger partial charge is 0.369 e. The lowest BCUT2D eigenvalue weighted by molar-refractivity contribution is 0.601. The molecule has 1 unspecified atom stereocenters. The van der Waals surface area contributed by atoms with Gasteiger partial charge in [-0.05, 0) is 60.5 Å². The van der Waals surface area contributed by atoms with Gasteiger partial charge in [-0.3, -0.25) is 4.72 Å². The molecule has 190 valence electrons. The number of rotatable bonds is 4. The van der Waals surface area contributed by atoms with Gasteiger partial charge < -0.3 is 10.6 Å². The molecule has 9 nitrogen and oxygen atoms in total. The van der Waals surface area contributed by atoms with Crippen LogP contribution in [0.4, 0.5) is 23.1 Å². The van der Waals surface area contributed by atoms with Crippen LogP contribution in [-0.4, -0.2) is 35.7 Å². The van der Waals surface area contributed by atoms with Crippen molar-refractivity contribution in [2.24, 2.45) is 0 Å². The second-order valence-electron chi connectivity index (χ2n) is 8.19. The normalized spacial score (nSPS) is 15.8. The Hall–Kier alpha value is -3.51. The van der Waals surface area contributed by atoms with Crippen LogP contribution in [-0.2, 0) is 21.0 Å². The molecule has 1 aromatic heterocycles. The summed E-state index contributed by atoms with van der Waals surface area (Å²) in [4.78, 5) is 9.87. The molecule has 1 aliphatic rings. The summed E-state index contributed by atoms with van der Waals surface area (Å²) in [5.74, 6) is 1.02. The van der Waals surface area contributed by atoms with E-state index >= 15 is 0 Å². The summed E-state index contributed by atoms with van der Waals surface area (Å²) in [7, 11) is -5.09. The van der Waals surface area contributed by atoms with Gasteiger partial charge in [0.25, 0.3) is 10.0 Å². The smallest absolute Gasteiger partial charge is 0.261 e. The van der Waals surface area contributed by atoms with Crippen molar-refractivity contribution >= 4 is 55.8 Å². The van der Waals surface area contributed by atoms with Crippen molar-refractivity contribution in [1.29, 1.82) is 0 Å². The van der Waals surface area contributed by atoms with Gasteiger partial charge in [0, 0.05) is 41.2 Å². The number of hydrogen-bond acceptors (Lipinski definition) is 7. The highest BCUT2D eigenvalue weighted by Gasteiger charge is 2.16. The van der Waals surface area contributed by atoms with Crippen LogP contribution in [0.1, 0.15) is 6.42 Å². The molecule has 0 amide bonds. The summed E-state index contributed by atoms with van der Waals surface area (Å²) < 4.78 is 43.5. The number of nitrogens with one attached hydrogen (secondary N) is 4. The van der Waals surface area contributed by atoms with E-state index in [0.717, 1.165) is 23.2 Å². The molecule has 1 atom stereocenters. The molecule has 0 saturated heterocycles. The Bertz CT molecular complexity index is 1570. The predicted octanol–water partition coefficient (Wildman–Crippen LogP) is 4.77. The van der Waals surface area contributed by atoms with Gasteiger partial charge in [0.1, 0.15) is 16.8 Å². The number of halogens is 1. The van der Waals surface area contributed by atoms with Gasteiger partial charge in [0.15, 0.2) is 0 Å². The van der Waals surface area contributed by atoms with Gasteiger partial charge in [-0.2, -0.15) is 4.98 Å². The first-order chi connectivity index (χ1) is 17.9. The first-order valence-corrected chi connectivity index (χ1v) is 14.4. The fourth-order valence-electron chi connectivity index (χ4n) is 3.72. The molecule has 1 aliphatic heterocycles. The SMILES string of the molecule is O=S1NCCCNc2nc(ncc2-c2ccc(NS(=O)(=O)c3cccc(Cl)c3)cc2)Nc2cccc1c2. The maximum atomic E-state index is 12.7. The van der Waals surface area contributed by atoms with Gasteiger partial charge in [-0.25, -0.2) is 22.3 Å². The predicted molar refractivity (Wildman–Crippen MR) is 147 cm³/mol. The summed E-state index contributed by atoms with van der Waals surface area (Å²) in [6.45, 7) is 1.16. The van der Waals surface area contributed by atoms with Crippen LogP contribution in [0.5, 0.6) is 0 Å². The van der Waals surface area contributed by atoms with E-state index in [-0.39, 0.29) is 4.90 Å². The lowest BCUT2D eigenvalue weighted by Crippen LogP contribution is -2.20. The van der Waals surface area contributed by atoms with E-state index < -0.39 is 21.0 Å². The van der Waals surface area contributed by atoms with Crippen LogP contribution in [0.15, 0.2) is 88.8 Å². The average molecular weight is 555 g/mol. The van der Waals surface area contributed by atoms with Crippen LogP contribution in [0.25, 0.3) is 11.1 Å². The average Bonchev–Trinajstić information content (AvgIpc) is 2.89. The standard InChI is InChI=1S/C25H23ClN6O3S2/c26-18-4-1-7-22(14-18)37(34,35)32-19-10-8-17(9-11-19)23-16-28-25-30-20-5-2-6-21(15-20)36(33)29-13-3-12-27-24(23)31-25/h1-2,4-11,14-16,29,32H,3,12-13H2,(H2,27,28,30,31). The molecule has 4 bridgehead atoms. The number of hydrogen-bond donors (Lipinski definition) is 4. The van der Waals surface area contributed by atoms with Gasteiger partial charge in [0.2, 0.25) is 5.95 Å². The van der Waals surface area contributed by atoms with E-state index in [1.807, 2.05) is 12.1 Å². The third-order valence-corrected chi connectivity index (χ3v) is 8.29. The quantitative estimate of drug-likeness (QED) is 0.286. The van der Waals surface area contributed by atoms with Crippen LogP contribution in [0.2, 0.25) is 5.02 Å². The number of nitrogens with zero attached hydrogens (tertiary/aromatic N) is 2. The summed E-state index contributed by atoms with van der Waals surface area (Å²) in [5, 5.41) is 6.85. The van der Waals surface area contributed by atoms with E-state index in [1.54, 1.807) is 54.7 Å². The number of benzene rings is 3. The van der Waals surface area contributed by atoms with Crippen molar-refractivity contribution in [1.82, 2.24) is 14.7 Å². The van der Waals surface area contributed by atoms with Crippen molar-refractivity contribution in [3.05, 3.63) is 84.0 Å². The molecule has 0 spiro atoms. The molecule has 0 radical (unpaired) electrons. The first kappa shape index (κ1) is 25.2. The maximum Gasteiger partial charge on any atom is 0.261 e. The molecular weight excluding hydrogens is 532 g/mol. The van der Waals surface area contributed by atoms with Gasteiger partial charge in [-0.15, -0.1) is 0 Å². The second-order valence-corrected chi connectivity index (χ2v) is 11.6. The molecule has 0 fully saturated rings. The third-order valence-electron chi connectivity index (χ3n) is 5.53. The van der Waals surface area contributed by atoms with E-state index in [0.29, 0.717) is 40.5 Å². The van der Waals surface area contributed by atoms with Crippen molar-refractivity contribution in [2.45, 2.75) is 16.2 Å². The molecule has 4 aromatic rings. The van der Waals surface area contributed by atoms with Crippen LogP contribution >= 0.6 is 11.6 Å². The van der Waals surface area contributed by atoms with Gasteiger partial charge in [-0.1, -0.05) is 35.9 Å². The summed E-state index contributed by atoms with van der Waals surface area (Å²) in [6, 6.07) is 20.3. The highest BCUT2D eigenvalue weighted by Crippen LogP contribution is 2.29. The van der Waals surface area contributed by atoms with Crippen LogP contribution < -0.4 is 20.1 Å². The second kappa shape index (κ2) is 10.9. The molecule has 5 rings (SSSR count). The third kappa shape index (κ3) is 6.08. The zero-order valence-electron chi connectivity index (χ0n) is 19.4. The molecule has 37 heavy (non-hydrogen) atoms. The van der Waals surface area contributed by atoms with E-state index in [9.17, 15) is 12.6 Å². The Morgan fingerprint density at radius 1 is 0.973 bits per heavy atom. The zero-order valence-corrected chi connectivity index (χ0v) is 21.8. The zero-order chi connectivity index (χ0) is 25.8. The highest BCUT2D eigenvalue weighted by atomic mass is 35.5. The van der Waals surface area contributed by atoms with Crippen LogP contribution in [0, 0.1) is 0 Å². The Kier molecular flexibility index (Phi) is 7.38.